The maximum Gasteiger partial charge on any atom is 0.126 e. The van der Waals surface area contributed by atoms with Crippen LogP contribution >= 0.6 is 0 Å². The molecule has 0 aliphatic heterocycles. The molecule has 23 heavy (non-hydrogen) atoms. The first-order valence-electron chi connectivity index (χ1n) is 7.26. The van der Waals surface area contributed by atoms with Crippen molar-refractivity contribution in [2.75, 3.05) is 0 Å². The van der Waals surface area contributed by atoms with Crippen LogP contribution in [0, 0.1) is 30.4 Å². The molecule has 3 aromatic carbocycles. The summed E-state index contributed by atoms with van der Waals surface area (Å²) in [6, 6.07) is 18.7. The van der Waals surface area contributed by atoms with E-state index < -0.39 is 11.6 Å². The van der Waals surface area contributed by atoms with Crippen molar-refractivity contribution in [3.05, 3.63) is 95.1 Å². The Hall–Kier alpha value is -2.92. The summed E-state index contributed by atoms with van der Waals surface area (Å²) in [5.74, 6) is 4.99. The van der Waals surface area contributed by atoms with Gasteiger partial charge in [-0.25, -0.2) is 8.78 Å². The van der Waals surface area contributed by atoms with Crippen LogP contribution in [-0.2, 0) is 0 Å². The molecule has 0 unspecified atom stereocenters. The summed E-state index contributed by atoms with van der Waals surface area (Å²) in [5, 5.41) is 0. The second kappa shape index (κ2) is 6.46. The van der Waals surface area contributed by atoms with Crippen molar-refractivity contribution in [1.82, 2.24) is 0 Å². The highest BCUT2D eigenvalue weighted by atomic mass is 19.1. The molecular formula is C21H14F2. The van der Waals surface area contributed by atoms with E-state index in [2.05, 4.69) is 11.8 Å². The minimum absolute atomic E-state index is 0.483. The van der Waals surface area contributed by atoms with E-state index in [4.69, 9.17) is 0 Å². The minimum atomic E-state index is -0.596. The summed E-state index contributed by atoms with van der Waals surface area (Å²) in [6.45, 7) is 2.02. The monoisotopic (exact) mass is 304 g/mol. The average molecular weight is 304 g/mol. The number of rotatable bonds is 1. The topological polar surface area (TPSA) is 0 Å². The van der Waals surface area contributed by atoms with Crippen LogP contribution in [0.2, 0.25) is 0 Å². The lowest BCUT2D eigenvalue weighted by molar-refractivity contribution is 0.584. The third kappa shape index (κ3) is 3.64. The van der Waals surface area contributed by atoms with Crippen LogP contribution in [0.4, 0.5) is 8.78 Å². The molecular weight excluding hydrogens is 290 g/mol. The Morgan fingerprint density at radius 2 is 1.39 bits per heavy atom. The molecule has 0 spiro atoms. The first-order chi connectivity index (χ1) is 11.1. The number of hydrogen-bond acceptors (Lipinski definition) is 0. The zero-order valence-electron chi connectivity index (χ0n) is 12.6. The Bertz CT molecular complexity index is 877. The maximum absolute atomic E-state index is 13.5. The van der Waals surface area contributed by atoms with Crippen LogP contribution in [0.25, 0.3) is 11.1 Å². The van der Waals surface area contributed by atoms with E-state index in [0.29, 0.717) is 11.1 Å². The van der Waals surface area contributed by atoms with Crippen molar-refractivity contribution in [2.24, 2.45) is 0 Å². The van der Waals surface area contributed by atoms with E-state index in [9.17, 15) is 8.78 Å². The predicted octanol–water partition coefficient (Wildman–Crippen LogP) is 5.34. The Morgan fingerprint density at radius 1 is 0.739 bits per heavy atom. The van der Waals surface area contributed by atoms with Gasteiger partial charge < -0.3 is 0 Å². The molecule has 2 heteroatoms. The van der Waals surface area contributed by atoms with E-state index in [0.717, 1.165) is 17.2 Å². The molecule has 0 amide bonds. The lowest BCUT2D eigenvalue weighted by Gasteiger charge is -2.05. The van der Waals surface area contributed by atoms with E-state index in [1.165, 1.54) is 17.7 Å². The molecule has 0 aromatic heterocycles. The molecule has 0 aliphatic rings. The molecule has 0 N–H and O–H groups in total. The van der Waals surface area contributed by atoms with Crippen LogP contribution in [0.15, 0.2) is 66.7 Å². The lowest BCUT2D eigenvalue weighted by Crippen LogP contribution is -1.88. The van der Waals surface area contributed by atoms with Crippen LogP contribution < -0.4 is 0 Å². The third-order valence-electron chi connectivity index (χ3n) is 3.49. The number of hydrogen-bond donors (Lipinski definition) is 0. The van der Waals surface area contributed by atoms with Gasteiger partial charge in [0.1, 0.15) is 11.6 Å². The largest absolute Gasteiger partial charge is 0.207 e. The van der Waals surface area contributed by atoms with Crippen molar-refractivity contribution >= 4 is 0 Å². The van der Waals surface area contributed by atoms with Gasteiger partial charge in [-0.15, -0.1) is 0 Å². The Morgan fingerprint density at radius 3 is 2.09 bits per heavy atom. The first kappa shape index (κ1) is 15.0. The van der Waals surface area contributed by atoms with E-state index >= 15 is 0 Å². The van der Waals surface area contributed by atoms with Crippen molar-refractivity contribution in [1.29, 1.82) is 0 Å². The molecule has 0 atom stereocenters. The second-order valence-electron chi connectivity index (χ2n) is 5.32. The Balaban J connectivity index is 2.03. The fraction of sp³-hybridized carbons (Fsp3) is 0.0476. The van der Waals surface area contributed by atoms with E-state index in [-0.39, 0.29) is 0 Å². The summed E-state index contributed by atoms with van der Waals surface area (Å²) >= 11 is 0. The summed E-state index contributed by atoms with van der Waals surface area (Å²) < 4.78 is 26.9. The van der Waals surface area contributed by atoms with Gasteiger partial charge >= 0.3 is 0 Å². The van der Waals surface area contributed by atoms with Gasteiger partial charge in [-0.2, -0.15) is 0 Å². The van der Waals surface area contributed by atoms with Gasteiger partial charge in [0.25, 0.3) is 0 Å². The zero-order chi connectivity index (χ0) is 16.2. The van der Waals surface area contributed by atoms with Crippen molar-refractivity contribution < 1.29 is 8.78 Å². The highest BCUT2D eigenvalue weighted by molar-refractivity contribution is 5.71. The molecule has 0 radical (unpaired) electrons. The molecule has 0 bridgehead atoms. The third-order valence-corrected chi connectivity index (χ3v) is 3.49. The van der Waals surface area contributed by atoms with Gasteiger partial charge in [-0.1, -0.05) is 47.7 Å². The molecule has 0 aliphatic carbocycles. The average Bonchev–Trinajstić information content (AvgIpc) is 2.54. The van der Waals surface area contributed by atoms with Crippen molar-refractivity contribution in [3.8, 4) is 23.0 Å². The summed E-state index contributed by atoms with van der Waals surface area (Å²) in [4.78, 5) is 0. The first-order valence-corrected chi connectivity index (χ1v) is 7.26. The Kier molecular flexibility index (Phi) is 4.21. The number of aryl methyl sites for hydroxylation is 1. The fourth-order valence-corrected chi connectivity index (χ4v) is 2.33. The highest BCUT2D eigenvalue weighted by Gasteiger charge is 2.06. The second-order valence-corrected chi connectivity index (χ2v) is 5.32. The van der Waals surface area contributed by atoms with Crippen molar-refractivity contribution in [3.63, 3.8) is 0 Å². The fourth-order valence-electron chi connectivity index (χ4n) is 2.33. The normalized spacial score (nSPS) is 10.0. The molecule has 112 valence electrons. The molecule has 3 aromatic rings. The van der Waals surface area contributed by atoms with Crippen LogP contribution in [0.5, 0.6) is 0 Å². The molecule has 0 saturated heterocycles. The van der Waals surface area contributed by atoms with Gasteiger partial charge in [-0.05, 0) is 48.4 Å². The zero-order valence-corrected chi connectivity index (χ0v) is 12.6. The smallest absolute Gasteiger partial charge is 0.126 e. The summed E-state index contributed by atoms with van der Waals surface area (Å²) in [6.07, 6.45) is 0. The standard InChI is InChI=1S/C21H14F2/c1-15-6-8-16(9-7-15)10-11-17-4-2-3-5-21(17)18-12-19(22)14-20(23)13-18/h2-9,12-14H,1H3. The molecule has 0 nitrogen and oxygen atoms in total. The van der Waals surface area contributed by atoms with Gasteiger partial charge in [0.2, 0.25) is 0 Å². The maximum atomic E-state index is 13.5. The predicted molar refractivity (Wildman–Crippen MR) is 89.0 cm³/mol. The summed E-state index contributed by atoms with van der Waals surface area (Å²) in [5.41, 5.74) is 4.00. The van der Waals surface area contributed by atoms with Gasteiger partial charge in [-0.3, -0.25) is 0 Å². The number of halogens is 2. The molecule has 3 rings (SSSR count). The molecule has 0 fully saturated rings. The van der Waals surface area contributed by atoms with Crippen LogP contribution in [0.3, 0.4) is 0 Å². The van der Waals surface area contributed by atoms with Gasteiger partial charge in [0, 0.05) is 17.2 Å². The lowest BCUT2D eigenvalue weighted by atomic mass is 9.99. The van der Waals surface area contributed by atoms with Crippen LogP contribution in [-0.4, -0.2) is 0 Å². The van der Waals surface area contributed by atoms with Crippen molar-refractivity contribution in [2.45, 2.75) is 6.92 Å². The van der Waals surface area contributed by atoms with E-state index in [1.807, 2.05) is 55.5 Å². The van der Waals surface area contributed by atoms with Gasteiger partial charge in [0.15, 0.2) is 0 Å². The molecule has 0 saturated carbocycles. The SMILES string of the molecule is Cc1ccc(C#Cc2ccccc2-c2cc(F)cc(F)c2)cc1. The highest BCUT2D eigenvalue weighted by Crippen LogP contribution is 2.25. The molecule has 0 heterocycles. The quantitative estimate of drug-likeness (QED) is 0.532. The van der Waals surface area contributed by atoms with Gasteiger partial charge in [0.05, 0.1) is 0 Å². The Labute approximate surface area is 134 Å². The number of benzene rings is 3. The minimum Gasteiger partial charge on any atom is -0.207 e. The van der Waals surface area contributed by atoms with E-state index in [1.54, 1.807) is 0 Å². The summed E-state index contributed by atoms with van der Waals surface area (Å²) in [7, 11) is 0. The van der Waals surface area contributed by atoms with Crippen LogP contribution in [0.1, 0.15) is 16.7 Å².